The first-order chi connectivity index (χ1) is 68.7. The van der Waals surface area contributed by atoms with E-state index in [4.69, 9.17) is 150 Å². The minimum Gasteiger partial charge on any atom is -0.502 e. The average molecular weight is 1790 g/mol. The van der Waals surface area contributed by atoms with E-state index >= 15 is 0 Å². The second kappa shape index (κ2) is 34.2. The lowest BCUT2D eigenvalue weighted by Crippen LogP contribution is -2.63. The summed E-state index contributed by atoms with van der Waals surface area (Å²) >= 11 is 0. The Morgan fingerprint density at radius 3 is 1.02 bits per heavy atom. The van der Waals surface area contributed by atoms with E-state index in [2.05, 4.69) is 0 Å². The summed E-state index contributed by atoms with van der Waals surface area (Å²) in [5.41, 5.74) is -0.539. The van der Waals surface area contributed by atoms with Crippen LogP contribution in [0.3, 0.4) is 0 Å². The van der Waals surface area contributed by atoms with Crippen LogP contribution in [0.15, 0.2) is 72.8 Å². The fraction of sp³-hybridized carbons (Fsp3) is 0.552. The Labute approximate surface area is 747 Å². The van der Waals surface area contributed by atoms with E-state index in [1.54, 1.807) is 20.8 Å². The van der Waals surface area contributed by atoms with Crippen molar-refractivity contribution in [3.8, 4) is 86.2 Å². The van der Waals surface area contributed by atoms with Crippen LogP contribution in [0, 0.1) is 35.4 Å². The number of aliphatic hydroxyl groups is 6. The van der Waals surface area contributed by atoms with Crippen molar-refractivity contribution < 1.29 is 217 Å². The third-order valence-corrected chi connectivity index (χ3v) is 24.1. The van der Waals surface area contributed by atoms with Gasteiger partial charge in [-0.15, -0.1) is 0 Å². The number of phenolic OH excluding ortho intramolecular Hbond substituents is 3. The predicted molar refractivity (Wildman–Crippen MR) is 415 cm³/mol. The normalized spacial score (nSPS) is 43.0. The molecule has 0 radical (unpaired) electrons. The lowest BCUT2D eigenvalue weighted by atomic mass is 9.66. The summed E-state index contributed by atoms with van der Waals surface area (Å²) in [4.78, 5) is 41.4. The van der Waals surface area contributed by atoms with Crippen LogP contribution >= 0.6 is 0 Å². The first kappa shape index (κ1) is 63.9. The van der Waals surface area contributed by atoms with Gasteiger partial charge in [0.15, 0.2) is 107 Å². The van der Waals surface area contributed by atoms with E-state index in [1.165, 1.54) is 62.8 Å². The van der Waals surface area contributed by atoms with Gasteiger partial charge in [0.25, 0.3) is 0 Å². The topological polar surface area (TPSA) is 482 Å². The molecule has 30 atom stereocenters. The van der Waals surface area contributed by atoms with Crippen LogP contribution in [-0.2, 0) is 85.4 Å². The highest BCUT2D eigenvalue weighted by atomic mass is 16.8. The van der Waals surface area contributed by atoms with E-state index in [0.717, 1.165) is 24.3 Å². The molecule has 126 heavy (non-hydrogen) atoms. The number of methoxy groups -OCH3 is 6. The zero-order valence-corrected chi connectivity index (χ0v) is 66.6. The minimum atomic E-state index is -3.18. The van der Waals surface area contributed by atoms with E-state index in [9.17, 15) is 67.2 Å². The van der Waals surface area contributed by atoms with Crippen molar-refractivity contribution in [2.45, 2.75) is 168 Å². The monoisotopic (exact) mass is 1790 g/mol. The largest absolute Gasteiger partial charge is 0.502 e. The zero-order chi connectivity index (χ0) is 106. The summed E-state index contributed by atoms with van der Waals surface area (Å²) in [6.45, 7) is -2.21. The number of ether oxygens (including phenoxy) is 27. The maximum absolute atomic E-state index is 13.8. The van der Waals surface area contributed by atoms with Crippen molar-refractivity contribution in [2.75, 3.05) is 102 Å². The molecule has 21 rings (SSSR count). The Morgan fingerprint density at radius 2 is 0.651 bits per heavy atom. The molecule has 0 bridgehead atoms. The van der Waals surface area contributed by atoms with Gasteiger partial charge in [-0.2, -0.15) is 0 Å². The fourth-order valence-electron chi connectivity index (χ4n) is 18.2. The maximum Gasteiger partial charge on any atom is 0.310 e. The van der Waals surface area contributed by atoms with Crippen LogP contribution in [0.2, 0.25) is 0 Å². The highest BCUT2D eigenvalue weighted by Gasteiger charge is 2.61. The smallest absolute Gasteiger partial charge is 0.310 e. The van der Waals surface area contributed by atoms with Crippen LogP contribution in [0.4, 0.5) is 0 Å². The molecule has 12 heterocycles. The zero-order valence-electron chi connectivity index (χ0n) is 87.6. The summed E-state index contributed by atoms with van der Waals surface area (Å²) in [5, 5.41) is 98.6. The van der Waals surface area contributed by atoms with E-state index in [-0.39, 0.29) is 131 Å². The molecular weight excluding hydrogens is 1670 g/mol. The Hall–Kier alpha value is -9.99. The van der Waals surface area contributed by atoms with Crippen LogP contribution in [0.1, 0.15) is 136 Å². The molecule has 678 valence electrons. The highest BCUT2D eigenvalue weighted by Crippen LogP contribution is 2.62. The number of carbonyl (C=O) groups is 3. The molecule has 15 aliphatic rings. The van der Waals surface area contributed by atoms with E-state index in [1.807, 2.05) is 0 Å². The summed E-state index contributed by atoms with van der Waals surface area (Å²) < 4.78 is 325. The molecule has 0 spiro atoms. The number of phenols is 3. The van der Waals surface area contributed by atoms with Gasteiger partial charge in [-0.05, 0) is 144 Å². The molecule has 0 aromatic heterocycles. The Bertz CT molecular complexity index is 6020. The molecule has 9 fully saturated rings. The van der Waals surface area contributed by atoms with Crippen molar-refractivity contribution in [3.63, 3.8) is 0 Å². The van der Waals surface area contributed by atoms with Crippen molar-refractivity contribution in [3.05, 3.63) is 123 Å². The van der Waals surface area contributed by atoms with Crippen LogP contribution in [0.25, 0.3) is 0 Å². The van der Waals surface area contributed by atoms with Gasteiger partial charge in [-0.3, -0.25) is 14.4 Å². The number of hydrogen-bond acceptors (Lipinski definition) is 39. The van der Waals surface area contributed by atoms with Gasteiger partial charge in [0.2, 0.25) is 37.6 Å². The fourth-order valence-corrected chi connectivity index (χ4v) is 18.2. The van der Waals surface area contributed by atoms with Gasteiger partial charge in [0, 0.05) is 42.3 Å². The highest BCUT2D eigenvalue weighted by molar-refractivity contribution is 5.81. The SMILES string of the molecule is [2H]C([2H])([2H])Oc1cc([C@@H]2c3cc4c(cc3[C@@H](O[C@@H]3O[C@@H]5CO[C@@H](C)O[C@H]5[C@H](O)[C@H]3O)[C@H]3C([2H])([2H])OC(=O)[C@]23[2H])OCO4)cc(OC([2H])([2H])[2H])c1O.[2H]C([2H])([2H])Oc1cc([C@]2([2H])c3cc4c(cc3[C@@H](O[C@@H]3O[C@@H]5CO[C@@H](C)O[C@H]5[C@H](O)[C@H]3O)[C@H]3COC(=O)[C@@]32[2H])OCO4)cc(OC([2H])([2H])[2H])c1O.[2H]C1([2H])OC(=O)[C@@]2([2H])[C@H]1[C@H](O[C@@H]1O[C@@H]3CO[C@@H](C)O[C@H]3[C@H](O)[C@H]1O)c1cc3c(cc1[C@@]2([2H])c1cc(OC)c(O)c(OC)c1)OCO3. The van der Waals surface area contributed by atoms with Crippen molar-refractivity contribution in [1.82, 2.24) is 0 Å². The number of hydrogen-bond donors (Lipinski definition) is 9. The number of esters is 3. The molecule has 0 amide bonds. The molecule has 0 unspecified atom stereocenters. The molecule has 6 aromatic rings. The van der Waals surface area contributed by atoms with Gasteiger partial charge in [-0.1, -0.05) is 0 Å². The van der Waals surface area contributed by atoms with E-state index < -0.39 is 294 Å². The molecule has 3 aliphatic carbocycles. The Morgan fingerprint density at radius 1 is 0.349 bits per heavy atom. The molecule has 0 saturated carbocycles. The molecule has 9 N–H and O–H groups in total. The maximum atomic E-state index is 13.8. The molecule has 9 saturated heterocycles. The number of aromatic hydroxyl groups is 3. The Kier molecular flexibility index (Phi) is 17.3. The average Bonchev–Trinajstić information content (AvgIpc) is 1.54. The summed E-state index contributed by atoms with van der Waals surface area (Å²) in [5.74, 6) is -28.9. The summed E-state index contributed by atoms with van der Waals surface area (Å²) in [7, 11) is -10.2. The minimum absolute atomic E-state index is 0.00992. The van der Waals surface area contributed by atoms with Crippen LogP contribution in [-0.4, -0.2) is 277 Å². The number of carbonyl (C=O) groups excluding carboxylic acids is 3. The molecule has 39 nitrogen and oxygen atoms in total. The first-order valence-corrected chi connectivity index (χ1v) is 39.5. The molecule has 12 aliphatic heterocycles. The molecule has 6 aromatic carbocycles. The number of aliphatic hydroxyl groups excluding tert-OH is 6. The Balaban J connectivity index is 0.000000139. The van der Waals surface area contributed by atoms with Gasteiger partial charge >= 0.3 is 17.9 Å². The number of benzene rings is 6. The third-order valence-electron chi connectivity index (χ3n) is 24.1. The molecular formula is C87H96O39. The number of cyclic esters (lactones) is 3. The van der Waals surface area contributed by atoms with Gasteiger partial charge in [-0.25, -0.2) is 0 Å². The third kappa shape index (κ3) is 14.8. The van der Waals surface area contributed by atoms with Crippen molar-refractivity contribution in [2.24, 2.45) is 35.4 Å². The predicted octanol–water partition coefficient (Wildman–Crippen LogP) is 4.02. The van der Waals surface area contributed by atoms with E-state index in [0.29, 0.717) is 0 Å². The number of fused-ring (bicyclic) bond motifs is 12. The molecule has 39 heteroatoms. The first-order valence-electron chi connectivity index (χ1n) is 50.0. The van der Waals surface area contributed by atoms with Crippen LogP contribution < -0.4 is 56.8 Å². The van der Waals surface area contributed by atoms with Crippen LogP contribution in [0.5, 0.6) is 86.2 Å². The summed E-state index contributed by atoms with van der Waals surface area (Å²) in [6.07, 6.45) is -26.9. The van der Waals surface area contributed by atoms with Gasteiger partial charge < -0.3 is 174 Å². The van der Waals surface area contributed by atoms with Gasteiger partial charge in [0.05, 0.1) is 140 Å². The second-order valence-corrected chi connectivity index (χ2v) is 31.1. The van der Waals surface area contributed by atoms with Crippen molar-refractivity contribution in [1.29, 1.82) is 0 Å². The number of rotatable bonds is 15. The van der Waals surface area contributed by atoms with Crippen molar-refractivity contribution >= 4 is 17.9 Å². The quantitative estimate of drug-likeness (QED) is 0.0518. The lowest BCUT2D eigenvalue weighted by Gasteiger charge is -2.47. The lowest BCUT2D eigenvalue weighted by molar-refractivity contribution is -0.364. The van der Waals surface area contributed by atoms with Gasteiger partial charge in [0.1, 0.15) is 73.2 Å². The standard InChI is InChI=1S/3C29H32O13/c3*1-11-36-9-20-27(40-11)24(31)25(32)29(41-20)42-26-14-7-17-16(38-10-39-17)6-13(14)21(22-15(26)8-37-28(22)33)12-4-18(34-2)23(30)19(5-12)35-3/h3*4-7,11,15,20-22,24-27,29-32H,8-10H2,1-3H3/t3*11-,15+,20-,21-,22+,24-,25-,26-,27-,29+/m111/s1/i2D3,3D3,21D,22D;2D3,3D3,8D2,22D;8D2,21D,22D. The second-order valence-electron chi connectivity index (χ2n) is 31.1. The summed E-state index contributed by atoms with van der Waals surface area (Å²) in [6, 6.07) is 14.6.